The fourth-order valence-electron chi connectivity index (χ4n) is 3.92. The summed E-state index contributed by atoms with van der Waals surface area (Å²) in [5, 5.41) is 3.38. The first-order valence-electron chi connectivity index (χ1n) is 10.3. The van der Waals surface area contributed by atoms with Crippen LogP contribution in [0.15, 0.2) is 48.2 Å². The van der Waals surface area contributed by atoms with Crippen LogP contribution < -0.4 is 15.1 Å². The van der Waals surface area contributed by atoms with Gasteiger partial charge in [-0.05, 0) is 62.4 Å². The van der Waals surface area contributed by atoms with Crippen molar-refractivity contribution < 1.29 is 4.39 Å². The van der Waals surface area contributed by atoms with Crippen LogP contribution in [-0.4, -0.2) is 42.7 Å². The van der Waals surface area contributed by atoms with Gasteiger partial charge in [0.15, 0.2) is 0 Å². The van der Waals surface area contributed by atoms with Crippen LogP contribution in [-0.2, 0) is 0 Å². The Bertz CT molecular complexity index is 797. The number of hydrogen-bond acceptors (Lipinski definition) is 5. The van der Waals surface area contributed by atoms with Crippen molar-refractivity contribution in [2.75, 3.05) is 47.8 Å². The Labute approximate surface area is 166 Å². The number of nitrogens with one attached hydrogen (secondary N) is 1. The van der Waals surface area contributed by atoms with E-state index in [9.17, 15) is 4.39 Å². The predicted octanol–water partition coefficient (Wildman–Crippen LogP) is 4.24. The number of halogens is 1. The first-order valence-corrected chi connectivity index (χ1v) is 10.3. The Morgan fingerprint density at radius 3 is 2.50 bits per heavy atom. The highest BCUT2D eigenvalue weighted by Gasteiger charge is 2.18. The summed E-state index contributed by atoms with van der Waals surface area (Å²) in [6.07, 6.45) is 10.4. The highest BCUT2D eigenvalue weighted by Crippen LogP contribution is 2.21. The van der Waals surface area contributed by atoms with Gasteiger partial charge in [0, 0.05) is 44.6 Å². The lowest BCUT2D eigenvalue weighted by molar-refractivity contribution is 0.624. The molecule has 1 N–H and O–H groups in total. The van der Waals surface area contributed by atoms with Gasteiger partial charge < -0.3 is 15.1 Å². The van der Waals surface area contributed by atoms with E-state index in [2.05, 4.69) is 26.2 Å². The Hall–Kier alpha value is -2.63. The van der Waals surface area contributed by atoms with E-state index in [1.807, 2.05) is 24.4 Å². The molecule has 4 rings (SSSR count). The summed E-state index contributed by atoms with van der Waals surface area (Å²) >= 11 is 0. The predicted molar refractivity (Wildman–Crippen MR) is 113 cm³/mol. The fraction of sp³-hybridized carbons (Fsp3) is 0.455. The molecule has 0 atom stereocenters. The Morgan fingerprint density at radius 2 is 1.75 bits per heavy atom. The second kappa shape index (κ2) is 9.04. The molecule has 28 heavy (non-hydrogen) atoms. The van der Waals surface area contributed by atoms with E-state index in [1.165, 1.54) is 37.8 Å². The van der Waals surface area contributed by atoms with Crippen LogP contribution in [0, 0.1) is 5.82 Å². The molecule has 1 aliphatic carbocycles. The largest absolute Gasteiger partial charge is 0.368 e. The van der Waals surface area contributed by atoms with Gasteiger partial charge in [0.05, 0.1) is 0 Å². The standard InChI is InChI=1S/C22H28FN5/c23-19-6-8-20(9-7-19)27-14-16-28(17-15-27)21-11-13-25-22(26-21)24-12-10-18-4-2-1-3-5-18/h4,6-9,11,13H,1-3,5,10,12,14-17H2,(H,24,25,26). The molecular weight excluding hydrogens is 353 g/mol. The molecule has 0 bridgehead atoms. The number of aromatic nitrogens is 2. The number of anilines is 3. The van der Waals surface area contributed by atoms with Crippen LogP contribution in [0.1, 0.15) is 32.1 Å². The molecule has 1 aliphatic heterocycles. The second-order valence-corrected chi connectivity index (χ2v) is 7.47. The molecule has 148 valence electrons. The van der Waals surface area contributed by atoms with Crippen LogP contribution >= 0.6 is 0 Å². The first-order chi connectivity index (χ1) is 13.8. The van der Waals surface area contributed by atoms with E-state index in [-0.39, 0.29) is 5.82 Å². The molecule has 6 heteroatoms. The molecule has 5 nitrogen and oxygen atoms in total. The SMILES string of the molecule is Fc1ccc(N2CCN(c3ccnc(NCCC4=CCCCC4)n3)CC2)cc1. The van der Waals surface area contributed by atoms with Crippen molar-refractivity contribution in [3.05, 3.63) is 54.0 Å². The molecule has 0 amide bonds. The number of benzene rings is 1. The van der Waals surface area contributed by atoms with Gasteiger partial charge in [-0.2, -0.15) is 4.98 Å². The molecule has 0 unspecified atom stereocenters. The van der Waals surface area contributed by atoms with Gasteiger partial charge in [0.2, 0.25) is 5.95 Å². The molecule has 1 aromatic heterocycles. The number of piperazine rings is 1. The van der Waals surface area contributed by atoms with Crippen molar-refractivity contribution in [2.24, 2.45) is 0 Å². The monoisotopic (exact) mass is 381 g/mol. The van der Waals surface area contributed by atoms with Crippen LogP contribution in [0.25, 0.3) is 0 Å². The lowest BCUT2D eigenvalue weighted by Gasteiger charge is -2.36. The average molecular weight is 381 g/mol. The van der Waals surface area contributed by atoms with Crippen molar-refractivity contribution >= 4 is 17.5 Å². The number of rotatable bonds is 6. The third-order valence-electron chi connectivity index (χ3n) is 5.55. The van der Waals surface area contributed by atoms with Crippen LogP contribution in [0.4, 0.5) is 21.8 Å². The maximum atomic E-state index is 13.1. The third-order valence-corrected chi connectivity index (χ3v) is 5.55. The highest BCUT2D eigenvalue weighted by molar-refractivity contribution is 5.50. The molecule has 2 aromatic rings. The molecular formula is C22H28FN5. The summed E-state index contributed by atoms with van der Waals surface area (Å²) < 4.78 is 13.1. The molecule has 1 fully saturated rings. The lowest BCUT2D eigenvalue weighted by atomic mass is 9.97. The van der Waals surface area contributed by atoms with E-state index in [4.69, 9.17) is 4.98 Å². The number of hydrogen-bond donors (Lipinski definition) is 1. The molecule has 0 radical (unpaired) electrons. The Balaban J connectivity index is 1.29. The Morgan fingerprint density at radius 1 is 0.964 bits per heavy atom. The van der Waals surface area contributed by atoms with E-state index in [1.54, 1.807) is 5.57 Å². The summed E-state index contributed by atoms with van der Waals surface area (Å²) in [6.45, 7) is 4.45. The van der Waals surface area contributed by atoms with Gasteiger partial charge in [0.1, 0.15) is 11.6 Å². The second-order valence-electron chi connectivity index (χ2n) is 7.47. The first kappa shape index (κ1) is 18.7. The number of allylic oxidation sites excluding steroid dienone is 1. The van der Waals surface area contributed by atoms with Crippen molar-refractivity contribution in [3.63, 3.8) is 0 Å². The minimum absolute atomic E-state index is 0.192. The summed E-state index contributed by atoms with van der Waals surface area (Å²) in [5.41, 5.74) is 2.63. The van der Waals surface area contributed by atoms with Crippen molar-refractivity contribution in [1.29, 1.82) is 0 Å². The molecule has 1 saturated heterocycles. The normalized spacial score (nSPS) is 17.4. The topological polar surface area (TPSA) is 44.3 Å². The zero-order chi connectivity index (χ0) is 19.2. The fourth-order valence-corrected chi connectivity index (χ4v) is 3.92. The van der Waals surface area contributed by atoms with Gasteiger partial charge >= 0.3 is 0 Å². The maximum absolute atomic E-state index is 13.1. The smallest absolute Gasteiger partial charge is 0.224 e. The molecule has 0 saturated carbocycles. The van der Waals surface area contributed by atoms with Crippen molar-refractivity contribution in [1.82, 2.24) is 9.97 Å². The summed E-state index contributed by atoms with van der Waals surface area (Å²) in [4.78, 5) is 13.7. The molecule has 1 aromatic carbocycles. The van der Waals surface area contributed by atoms with Gasteiger partial charge in [-0.1, -0.05) is 11.6 Å². The van der Waals surface area contributed by atoms with E-state index < -0.39 is 0 Å². The average Bonchev–Trinajstić information content (AvgIpc) is 2.75. The quantitative estimate of drug-likeness (QED) is 0.758. The van der Waals surface area contributed by atoms with Gasteiger partial charge in [-0.15, -0.1) is 0 Å². The minimum Gasteiger partial charge on any atom is -0.368 e. The van der Waals surface area contributed by atoms with Crippen molar-refractivity contribution in [2.45, 2.75) is 32.1 Å². The van der Waals surface area contributed by atoms with Crippen LogP contribution in [0.3, 0.4) is 0 Å². The lowest BCUT2D eigenvalue weighted by Crippen LogP contribution is -2.46. The van der Waals surface area contributed by atoms with Crippen molar-refractivity contribution in [3.8, 4) is 0 Å². The van der Waals surface area contributed by atoms with Crippen LogP contribution in [0.2, 0.25) is 0 Å². The number of nitrogens with zero attached hydrogens (tertiary/aromatic N) is 4. The van der Waals surface area contributed by atoms with E-state index >= 15 is 0 Å². The highest BCUT2D eigenvalue weighted by atomic mass is 19.1. The molecule has 2 heterocycles. The third kappa shape index (κ3) is 4.80. The van der Waals surface area contributed by atoms with E-state index in [0.29, 0.717) is 5.95 Å². The maximum Gasteiger partial charge on any atom is 0.224 e. The Kier molecular flexibility index (Phi) is 6.04. The summed E-state index contributed by atoms with van der Waals surface area (Å²) in [6, 6.07) is 8.71. The van der Waals surface area contributed by atoms with Crippen LogP contribution in [0.5, 0.6) is 0 Å². The molecule has 2 aliphatic rings. The van der Waals surface area contributed by atoms with Gasteiger partial charge in [0.25, 0.3) is 0 Å². The molecule has 0 spiro atoms. The minimum atomic E-state index is -0.192. The van der Waals surface area contributed by atoms with E-state index in [0.717, 1.165) is 50.6 Å². The zero-order valence-corrected chi connectivity index (χ0v) is 16.3. The summed E-state index contributed by atoms with van der Waals surface area (Å²) in [5.74, 6) is 1.48. The summed E-state index contributed by atoms with van der Waals surface area (Å²) in [7, 11) is 0. The zero-order valence-electron chi connectivity index (χ0n) is 16.3. The van der Waals surface area contributed by atoms with Gasteiger partial charge in [-0.3, -0.25) is 0 Å². The van der Waals surface area contributed by atoms with Gasteiger partial charge in [-0.25, -0.2) is 9.37 Å².